The first-order valence-electron chi connectivity index (χ1n) is 22.3. The number of rotatable bonds is 27. The highest BCUT2D eigenvalue weighted by Gasteiger charge is 2.21. The summed E-state index contributed by atoms with van der Waals surface area (Å²) in [6.45, 7) is 7.44. The molecule has 0 aliphatic carbocycles. The zero-order valence-corrected chi connectivity index (χ0v) is 36.4. The van der Waals surface area contributed by atoms with Gasteiger partial charge in [0.05, 0.1) is 17.1 Å². The quantitative estimate of drug-likeness (QED) is 0.0273. The Bertz CT molecular complexity index is 1960. The minimum Gasteiger partial charge on any atom is -0.462 e. The number of amides is 3. The molecular weight excluding hydrogens is 769 g/mol. The van der Waals surface area contributed by atoms with E-state index < -0.39 is 10.9 Å². The lowest BCUT2D eigenvalue weighted by atomic mass is 10.1. The summed E-state index contributed by atoms with van der Waals surface area (Å²) < 4.78 is 5.14. The second-order valence-electron chi connectivity index (χ2n) is 15.5. The van der Waals surface area contributed by atoms with Crippen molar-refractivity contribution < 1.29 is 28.8 Å². The molecule has 3 amide bonds. The van der Waals surface area contributed by atoms with Crippen LogP contribution < -0.4 is 15.1 Å². The number of nitro benzene ring substituents is 1. The number of hydrogen-bond acceptors (Lipinski definition) is 7. The average molecular weight is 833 g/mol. The van der Waals surface area contributed by atoms with Crippen molar-refractivity contribution in [3.05, 3.63) is 129 Å². The molecule has 0 aromatic heterocycles. The number of unbranched alkanes of at least 4 members (excludes halogenated alkanes) is 14. The molecule has 0 atom stereocenters. The summed E-state index contributed by atoms with van der Waals surface area (Å²) in [6, 6.07) is 26.1. The summed E-state index contributed by atoms with van der Waals surface area (Å²) in [4.78, 5) is 67.5. The van der Waals surface area contributed by atoms with Crippen LogP contribution in [0, 0.1) is 10.1 Å². The standard InChI is InChI=1S/C50H64N4O7/c1-4-7-9-11-13-15-17-19-37-52(49(57)41-25-35-46(36-26-41)54(59)60)44-31-23-39(24-32-44)47(55)51-43-29-21-40(22-30-43)48(56)53(38-20-18-16-14-12-10-8-5-2)45-33-27-42(28-34-45)50(58)61-6-3/h21-36H,4-20,37-38H2,1-3H3,(H,51,55). The fraction of sp³-hybridized carbons (Fsp3) is 0.440. The number of benzene rings is 4. The van der Waals surface area contributed by atoms with Crippen LogP contribution in [-0.2, 0) is 4.74 Å². The van der Waals surface area contributed by atoms with Gasteiger partial charge in [0.2, 0.25) is 0 Å². The van der Waals surface area contributed by atoms with Gasteiger partial charge in [0.15, 0.2) is 0 Å². The van der Waals surface area contributed by atoms with E-state index >= 15 is 0 Å². The van der Waals surface area contributed by atoms with Gasteiger partial charge in [0.25, 0.3) is 23.4 Å². The number of carbonyl (C=O) groups is 4. The maximum Gasteiger partial charge on any atom is 0.338 e. The van der Waals surface area contributed by atoms with E-state index in [9.17, 15) is 29.3 Å². The van der Waals surface area contributed by atoms with Crippen LogP contribution in [0.15, 0.2) is 97.1 Å². The molecule has 0 fully saturated rings. The first kappa shape index (κ1) is 47.8. The molecule has 11 heteroatoms. The van der Waals surface area contributed by atoms with Gasteiger partial charge < -0.3 is 19.9 Å². The van der Waals surface area contributed by atoms with Gasteiger partial charge in [-0.1, -0.05) is 104 Å². The Hall–Kier alpha value is -5.84. The molecule has 0 heterocycles. The summed E-state index contributed by atoms with van der Waals surface area (Å²) in [5, 5.41) is 14.1. The third-order valence-corrected chi connectivity index (χ3v) is 10.8. The first-order chi connectivity index (χ1) is 29.7. The molecule has 0 aliphatic heterocycles. The molecule has 0 spiro atoms. The third kappa shape index (κ3) is 15.6. The normalized spacial score (nSPS) is 10.9. The van der Waals surface area contributed by atoms with Gasteiger partial charge in [-0.05, 0) is 105 Å². The fourth-order valence-corrected chi connectivity index (χ4v) is 7.22. The molecule has 326 valence electrons. The predicted molar refractivity (Wildman–Crippen MR) is 245 cm³/mol. The smallest absolute Gasteiger partial charge is 0.338 e. The van der Waals surface area contributed by atoms with Crippen molar-refractivity contribution in [2.75, 3.05) is 34.8 Å². The molecule has 1 N–H and O–H groups in total. The highest BCUT2D eigenvalue weighted by Crippen LogP contribution is 2.24. The number of esters is 1. The molecule has 0 saturated carbocycles. The summed E-state index contributed by atoms with van der Waals surface area (Å²) >= 11 is 0. The van der Waals surface area contributed by atoms with Crippen molar-refractivity contribution in [3.63, 3.8) is 0 Å². The molecule has 4 aromatic rings. The van der Waals surface area contributed by atoms with Crippen LogP contribution in [-0.4, -0.2) is 48.3 Å². The maximum atomic E-state index is 14.0. The van der Waals surface area contributed by atoms with Crippen LogP contribution in [0.5, 0.6) is 0 Å². The topological polar surface area (TPSA) is 139 Å². The maximum absolute atomic E-state index is 14.0. The third-order valence-electron chi connectivity index (χ3n) is 10.8. The number of nitro groups is 1. The summed E-state index contributed by atoms with van der Waals surface area (Å²) in [5.41, 5.74) is 3.36. The summed E-state index contributed by atoms with van der Waals surface area (Å²) in [7, 11) is 0. The van der Waals surface area contributed by atoms with E-state index in [1.54, 1.807) is 89.5 Å². The highest BCUT2D eigenvalue weighted by molar-refractivity contribution is 6.09. The van der Waals surface area contributed by atoms with Gasteiger partial charge in [0, 0.05) is 59.0 Å². The first-order valence-corrected chi connectivity index (χ1v) is 22.3. The predicted octanol–water partition coefficient (Wildman–Crippen LogP) is 12.6. The van der Waals surface area contributed by atoms with Crippen LogP contribution in [0.3, 0.4) is 0 Å². The zero-order valence-electron chi connectivity index (χ0n) is 36.4. The van der Waals surface area contributed by atoms with Crippen LogP contribution in [0.4, 0.5) is 22.7 Å². The molecule has 61 heavy (non-hydrogen) atoms. The second-order valence-corrected chi connectivity index (χ2v) is 15.5. The average Bonchev–Trinajstić information content (AvgIpc) is 3.28. The van der Waals surface area contributed by atoms with E-state index in [1.165, 1.54) is 82.1 Å². The second kappa shape index (κ2) is 26.4. The lowest BCUT2D eigenvalue weighted by molar-refractivity contribution is -0.384. The SMILES string of the molecule is CCCCCCCCCCN(C(=O)c1ccc([N+](=O)[O-])cc1)c1ccc(C(=O)Nc2ccc(C(=O)N(CCCCCCCCCC)c3ccc(C(=O)OCC)cc3)cc2)cc1. The molecule has 0 unspecified atom stereocenters. The molecule has 0 bridgehead atoms. The number of hydrogen-bond donors (Lipinski definition) is 1. The van der Waals surface area contributed by atoms with Gasteiger partial charge in [-0.3, -0.25) is 24.5 Å². The van der Waals surface area contributed by atoms with Crippen LogP contribution in [0.2, 0.25) is 0 Å². The highest BCUT2D eigenvalue weighted by atomic mass is 16.6. The molecule has 0 saturated heterocycles. The minimum absolute atomic E-state index is 0.0851. The molecular formula is C50H64N4O7. The monoisotopic (exact) mass is 832 g/mol. The van der Waals surface area contributed by atoms with Crippen molar-refractivity contribution in [3.8, 4) is 0 Å². The van der Waals surface area contributed by atoms with Crippen molar-refractivity contribution in [1.82, 2.24) is 0 Å². The van der Waals surface area contributed by atoms with E-state index in [4.69, 9.17) is 4.74 Å². The largest absolute Gasteiger partial charge is 0.462 e. The zero-order chi connectivity index (χ0) is 43.8. The molecule has 0 aliphatic rings. The van der Waals surface area contributed by atoms with Gasteiger partial charge in [-0.15, -0.1) is 0 Å². The van der Waals surface area contributed by atoms with Crippen molar-refractivity contribution in [2.45, 2.75) is 124 Å². The Morgan fingerprint density at radius 2 is 0.885 bits per heavy atom. The molecule has 4 aromatic carbocycles. The molecule has 11 nitrogen and oxygen atoms in total. The van der Waals surface area contributed by atoms with Crippen molar-refractivity contribution in [2.24, 2.45) is 0 Å². The number of ether oxygens (including phenoxy) is 1. The molecule has 4 rings (SSSR count). The van der Waals surface area contributed by atoms with E-state index in [1.807, 2.05) is 0 Å². The number of non-ortho nitro benzene ring substituents is 1. The van der Waals surface area contributed by atoms with E-state index in [2.05, 4.69) is 19.2 Å². The van der Waals surface area contributed by atoms with Crippen molar-refractivity contribution in [1.29, 1.82) is 0 Å². The van der Waals surface area contributed by atoms with Crippen molar-refractivity contribution >= 4 is 46.4 Å². The number of anilines is 3. The lowest BCUT2D eigenvalue weighted by Crippen LogP contribution is -2.32. The Labute approximate surface area is 362 Å². The minimum atomic E-state index is -0.492. The van der Waals surface area contributed by atoms with Gasteiger partial charge in [-0.2, -0.15) is 0 Å². The van der Waals surface area contributed by atoms with Crippen LogP contribution in [0.25, 0.3) is 0 Å². The number of carbonyl (C=O) groups excluding carboxylic acids is 4. The van der Waals surface area contributed by atoms with E-state index in [0.717, 1.165) is 44.9 Å². The fourth-order valence-electron chi connectivity index (χ4n) is 7.22. The Balaban J connectivity index is 1.42. The van der Waals surface area contributed by atoms with Gasteiger partial charge in [-0.25, -0.2) is 4.79 Å². The lowest BCUT2D eigenvalue weighted by Gasteiger charge is -2.24. The van der Waals surface area contributed by atoms with Crippen LogP contribution >= 0.6 is 0 Å². The Kier molecular flexibility index (Phi) is 20.7. The van der Waals surface area contributed by atoms with Gasteiger partial charge in [0.1, 0.15) is 0 Å². The summed E-state index contributed by atoms with van der Waals surface area (Å²) in [6.07, 6.45) is 18.0. The van der Waals surface area contributed by atoms with Crippen LogP contribution in [0.1, 0.15) is 165 Å². The number of nitrogens with one attached hydrogen (secondary N) is 1. The Morgan fingerprint density at radius 3 is 1.30 bits per heavy atom. The van der Waals surface area contributed by atoms with E-state index in [0.29, 0.717) is 52.4 Å². The summed E-state index contributed by atoms with van der Waals surface area (Å²) in [5.74, 6) is -1.20. The van der Waals surface area contributed by atoms with Gasteiger partial charge >= 0.3 is 5.97 Å². The number of nitrogens with zero attached hydrogens (tertiary/aromatic N) is 3. The molecule has 0 radical (unpaired) electrons. The Morgan fingerprint density at radius 1 is 0.508 bits per heavy atom. The van der Waals surface area contributed by atoms with E-state index in [-0.39, 0.29) is 30.0 Å².